The molecule has 6 rings (SSSR count). The van der Waals surface area contributed by atoms with Gasteiger partial charge in [-0.05, 0) is 79.4 Å². The fraction of sp³-hybridized carbons (Fsp3) is 0.179. The average molecular weight is 499 g/mol. The maximum atomic E-state index is 6.35. The molecule has 1 atom stereocenters. The highest BCUT2D eigenvalue weighted by Crippen LogP contribution is 2.40. The number of hydrogen-bond donors (Lipinski definition) is 1. The number of hydrogen-bond acceptors (Lipinski definition) is 4. The predicted octanol–water partition coefficient (Wildman–Crippen LogP) is 6.75. The third kappa shape index (κ3) is 4.03. The van der Waals surface area contributed by atoms with Crippen molar-refractivity contribution in [2.24, 2.45) is 0 Å². The van der Waals surface area contributed by atoms with Gasteiger partial charge >= 0.3 is 0 Å². The lowest BCUT2D eigenvalue weighted by atomic mass is 9.94. The minimum Gasteiger partial charge on any atom is -0.351 e. The standard InChI is InChI=1S/C28H23ClN4OS/c1-17-24(27-31-26(32-34-27)19-7-3-2-4-8-19)25(21-11-6-12-22(29)15-21)30-28(35)33(17)23-14-13-18-9-5-10-20(18)16-23/h2-4,6-8,11-16,25H,5,9-10H2,1H3,(H,30,35). The number of aryl methyl sites for hydroxylation is 2. The van der Waals surface area contributed by atoms with Crippen LogP contribution in [0.25, 0.3) is 17.0 Å². The summed E-state index contributed by atoms with van der Waals surface area (Å²) in [5.74, 6) is 0.996. The molecule has 0 spiro atoms. The van der Waals surface area contributed by atoms with Gasteiger partial charge in [0.1, 0.15) is 0 Å². The zero-order valence-corrected chi connectivity index (χ0v) is 20.7. The van der Waals surface area contributed by atoms with Crippen molar-refractivity contribution >= 4 is 40.2 Å². The molecule has 35 heavy (non-hydrogen) atoms. The molecule has 3 aromatic carbocycles. The first-order valence-electron chi connectivity index (χ1n) is 11.7. The number of allylic oxidation sites excluding steroid dienone is 1. The second-order valence-corrected chi connectivity index (χ2v) is 9.69. The monoisotopic (exact) mass is 498 g/mol. The summed E-state index contributed by atoms with van der Waals surface area (Å²) < 4.78 is 5.84. The summed E-state index contributed by atoms with van der Waals surface area (Å²) in [6.45, 7) is 2.06. The number of thiocarbonyl (C=S) groups is 1. The molecule has 4 aromatic rings. The topological polar surface area (TPSA) is 54.2 Å². The molecular formula is C28H23ClN4OS. The molecule has 5 nitrogen and oxygen atoms in total. The number of nitrogens with one attached hydrogen (secondary N) is 1. The van der Waals surface area contributed by atoms with Crippen LogP contribution in [0.2, 0.25) is 5.02 Å². The molecule has 0 radical (unpaired) electrons. The Morgan fingerprint density at radius 2 is 1.83 bits per heavy atom. The Morgan fingerprint density at radius 3 is 2.66 bits per heavy atom. The van der Waals surface area contributed by atoms with Gasteiger partial charge in [0.25, 0.3) is 5.89 Å². The number of aromatic nitrogens is 2. The molecule has 1 unspecified atom stereocenters. The molecule has 0 saturated heterocycles. The van der Waals surface area contributed by atoms with Gasteiger partial charge in [0, 0.05) is 22.0 Å². The van der Waals surface area contributed by atoms with E-state index in [9.17, 15) is 0 Å². The highest BCUT2D eigenvalue weighted by Gasteiger charge is 2.35. The molecule has 0 fully saturated rings. The van der Waals surface area contributed by atoms with Gasteiger partial charge in [-0.15, -0.1) is 0 Å². The van der Waals surface area contributed by atoms with Gasteiger partial charge in [-0.2, -0.15) is 4.98 Å². The molecule has 0 bridgehead atoms. The molecule has 174 valence electrons. The molecular weight excluding hydrogens is 476 g/mol. The van der Waals surface area contributed by atoms with Gasteiger partial charge in [-0.3, -0.25) is 4.90 Å². The number of halogens is 1. The zero-order valence-electron chi connectivity index (χ0n) is 19.2. The first-order valence-corrected chi connectivity index (χ1v) is 12.5. The van der Waals surface area contributed by atoms with Crippen LogP contribution < -0.4 is 10.2 Å². The van der Waals surface area contributed by atoms with E-state index in [1.54, 1.807) is 0 Å². The Labute approximate surface area is 214 Å². The van der Waals surface area contributed by atoms with Crippen molar-refractivity contribution in [3.05, 3.63) is 106 Å². The Kier molecular flexibility index (Phi) is 5.63. The van der Waals surface area contributed by atoms with Crippen molar-refractivity contribution in [2.75, 3.05) is 4.90 Å². The van der Waals surface area contributed by atoms with Gasteiger partial charge in [-0.1, -0.05) is 65.3 Å². The van der Waals surface area contributed by atoms with Crippen molar-refractivity contribution in [2.45, 2.75) is 32.2 Å². The van der Waals surface area contributed by atoms with Crippen LogP contribution in [0.1, 0.15) is 42.0 Å². The average Bonchev–Trinajstić information content (AvgIpc) is 3.54. The number of anilines is 1. The first-order chi connectivity index (χ1) is 17.1. The van der Waals surface area contributed by atoms with E-state index in [0.717, 1.165) is 40.9 Å². The van der Waals surface area contributed by atoms with Crippen LogP contribution in [-0.2, 0) is 12.8 Å². The second-order valence-electron chi connectivity index (χ2n) is 8.87. The molecule has 0 saturated carbocycles. The molecule has 1 aliphatic carbocycles. The maximum Gasteiger partial charge on any atom is 0.258 e. The maximum absolute atomic E-state index is 6.35. The van der Waals surface area contributed by atoms with Gasteiger partial charge in [0.05, 0.1) is 11.6 Å². The Hall–Kier alpha value is -3.48. The normalized spacial score (nSPS) is 17.5. The van der Waals surface area contributed by atoms with E-state index in [0.29, 0.717) is 21.9 Å². The molecule has 1 aromatic heterocycles. The van der Waals surface area contributed by atoms with Crippen LogP contribution in [0.3, 0.4) is 0 Å². The minimum absolute atomic E-state index is 0.282. The molecule has 1 aliphatic heterocycles. The van der Waals surface area contributed by atoms with Crippen molar-refractivity contribution in [3.8, 4) is 11.4 Å². The number of rotatable bonds is 4. The van der Waals surface area contributed by atoms with E-state index < -0.39 is 0 Å². The number of fused-ring (bicyclic) bond motifs is 1. The Balaban J connectivity index is 1.50. The van der Waals surface area contributed by atoms with Gasteiger partial charge in [-0.25, -0.2) is 0 Å². The third-order valence-electron chi connectivity index (χ3n) is 6.70. The SMILES string of the molecule is CC1=C(c2nc(-c3ccccc3)no2)C(c2cccc(Cl)c2)NC(=S)N1c1ccc2c(c1)CCC2. The molecule has 0 amide bonds. The molecule has 2 heterocycles. The van der Waals surface area contributed by atoms with E-state index >= 15 is 0 Å². The smallest absolute Gasteiger partial charge is 0.258 e. The fourth-order valence-electron chi connectivity index (χ4n) is 5.00. The summed E-state index contributed by atoms with van der Waals surface area (Å²) in [4.78, 5) is 6.85. The van der Waals surface area contributed by atoms with Gasteiger partial charge in [0.15, 0.2) is 5.11 Å². The van der Waals surface area contributed by atoms with Crippen molar-refractivity contribution in [3.63, 3.8) is 0 Å². The van der Waals surface area contributed by atoms with E-state index in [-0.39, 0.29) is 6.04 Å². The van der Waals surface area contributed by atoms with Gasteiger partial charge < -0.3 is 9.84 Å². The summed E-state index contributed by atoms with van der Waals surface area (Å²) in [5.41, 5.74) is 7.53. The summed E-state index contributed by atoms with van der Waals surface area (Å²) in [6, 6.07) is 23.9. The van der Waals surface area contributed by atoms with Crippen LogP contribution in [0.15, 0.2) is 83.0 Å². The predicted molar refractivity (Wildman–Crippen MR) is 143 cm³/mol. The minimum atomic E-state index is -0.282. The van der Waals surface area contributed by atoms with Crippen LogP contribution >= 0.6 is 23.8 Å². The van der Waals surface area contributed by atoms with Crippen molar-refractivity contribution in [1.29, 1.82) is 0 Å². The summed E-state index contributed by atoms with van der Waals surface area (Å²) in [7, 11) is 0. The van der Waals surface area contributed by atoms with Crippen LogP contribution in [-0.4, -0.2) is 15.3 Å². The fourth-order valence-corrected chi connectivity index (χ4v) is 5.56. The summed E-state index contributed by atoms with van der Waals surface area (Å²) in [5, 5.41) is 9.08. The zero-order chi connectivity index (χ0) is 23.9. The first kappa shape index (κ1) is 22.0. The van der Waals surface area contributed by atoms with Crippen molar-refractivity contribution in [1.82, 2.24) is 15.5 Å². The summed E-state index contributed by atoms with van der Waals surface area (Å²) >= 11 is 12.2. The summed E-state index contributed by atoms with van der Waals surface area (Å²) in [6.07, 6.45) is 3.43. The molecule has 2 aliphatic rings. The molecule has 7 heteroatoms. The largest absolute Gasteiger partial charge is 0.351 e. The Morgan fingerprint density at radius 1 is 1.00 bits per heavy atom. The van der Waals surface area contributed by atoms with Crippen LogP contribution in [0.4, 0.5) is 5.69 Å². The highest BCUT2D eigenvalue weighted by atomic mass is 35.5. The van der Waals surface area contributed by atoms with Crippen LogP contribution in [0.5, 0.6) is 0 Å². The number of nitrogens with zero attached hydrogens (tertiary/aromatic N) is 3. The van der Waals surface area contributed by atoms with E-state index in [1.165, 1.54) is 17.5 Å². The van der Waals surface area contributed by atoms with E-state index in [4.69, 9.17) is 33.3 Å². The highest BCUT2D eigenvalue weighted by molar-refractivity contribution is 7.80. The van der Waals surface area contributed by atoms with Gasteiger partial charge in [0.2, 0.25) is 5.82 Å². The quantitative estimate of drug-likeness (QED) is 0.314. The lowest BCUT2D eigenvalue weighted by Gasteiger charge is -2.37. The molecule has 1 N–H and O–H groups in total. The third-order valence-corrected chi connectivity index (χ3v) is 7.23. The van der Waals surface area contributed by atoms with Crippen LogP contribution in [0, 0.1) is 0 Å². The lowest BCUT2D eigenvalue weighted by molar-refractivity contribution is 0.404. The van der Waals surface area contributed by atoms with Crippen molar-refractivity contribution < 1.29 is 4.52 Å². The lowest BCUT2D eigenvalue weighted by Crippen LogP contribution is -2.46. The van der Waals surface area contributed by atoms with E-state index in [1.807, 2.05) is 54.6 Å². The number of benzene rings is 3. The van der Waals surface area contributed by atoms with E-state index in [2.05, 4.69) is 40.5 Å². The second kappa shape index (κ2) is 8.95. The Bertz CT molecular complexity index is 1460.